The van der Waals surface area contributed by atoms with Gasteiger partial charge in [-0.05, 0) is 20.8 Å². The van der Waals surface area contributed by atoms with Crippen LogP contribution in [-0.4, -0.2) is 39.4 Å². The Morgan fingerprint density at radius 3 is 2.47 bits per heavy atom. The number of aromatic nitrogens is 2. The molecule has 19 heavy (non-hydrogen) atoms. The van der Waals surface area contributed by atoms with Gasteiger partial charge in [-0.25, -0.2) is 0 Å². The molecule has 0 atom stereocenters. The summed E-state index contributed by atoms with van der Waals surface area (Å²) in [6.45, 7) is 3.98. The van der Waals surface area contributed by atoms with E-state index in [0.29, 0.717) is 11.4 Å². The fraction of sp³-hybridized carbons (Fsp3) is 0.636. The SMILES string of the molecule is CCn1cc(N)c(C(=O)N(CC(F)(F)F)C(C)C)n1. The minimum absolute atomic E-state index is 0.0830. The molecule has 0 saturated carbocycles. The van der Waals surface area contributed by atoms with Crippen LogP contribution in [0.3, 0.4) is 0 Å². The van der Waals surface area contributed by atoms with Gasteiger partial charge < -0.3 is 10.6 Å². The van der Waals surface area contributed by atoms with E-state index in [9.17, 15) is 18.0 Å². The van der Waals surface area contributed by atoms with Crippen molar-refractivity contribution in [3.05, 3.63) is 11.9 Å². The molecule has 0 aliphatic carbocycles. The molecule has 5 nitrogen and oxygen atoms in total. The highest BCUT2D eigenvalue weighted by atomic mass is 19.4. The molecule has 1 rings (SSSR count). The Kier molecular flexibility index (Phi) is 4.43. The predicted molar refractivity (Wildman–Crippen MR) is 64.5 cm³/mol. The minimum Gasteiger partial charge on any atom is -0.396 e. The highest BCUT2D eigenvalue weighted by Gasteiger charge is 2.35. The van der Waals surface area contributed by atoms with Crippen LogP contribution in [0.4, 0.5) is 18.9 Å². The van der Waals surface area contributed by atoms with Gasteiger partial charge in [0.1, 0.15) is 6.54 Å². The van der Waals surface area contributed by atoms with Gasteiger partial charge in [-0.3, -0.25) is 9.48 Å². The molecule has 1 aromatic heterocycles. The maximum Gasteiger partial charge on any atom is 0.406 e. The van der Waals surface area contributed by atoms with Crippen LogP contribution in [-0.2, 0) is 6.54 Å². The molecule has 0 bridgehead atoms. The van der Waals surface area contributed by atoms with Crippen LogP contribution in [0.5, 0.6) is 0 Å². The summed E-state index contributed by atoms with van der Waals surface area (Å²) in [5.74, 6) is -0.808. The van der Waals surface area contributed by atoms with Crippen molar-refractivity contribution in [2.75, 3.05) is 12.3 Å². The molecule has 0 radical (unpaired) electrons. The second-order valence-corrected chi connectivity index (χ2v) is 4.43. The van der Waals surface area contributed by atoms with Crippen LogP contribution >= 0.6 is 0 Å². The van der Waals surface area contributed by atoms with Crippen LogP contribution in [0.15, 0.2) is 6.20 Å². The number of carbonyl (C=O) groups excluding carboxylic acids is 1. The number of anilines is 1. The second-order valence-electron chi connectivity index (χ2n) is 4.43. The van der Waals surface area contributed by atoms with Gasteiger partial charge in [0, 0.05) is 18.8 Å². The van der Waals surface area contributed by atoms with E-state index in [1.54, 1.807) is 6.92 Å². The predicted octanol–water partition coefficient (Wildman–Crippen LogP) is 1.90. The molecule has 1 heterocycles. The van der Waals surface area contributed by atoms with Crippen molar-refractivity contribution in [2.24, 2.45) is 0 Å². The van der Waals surface area contributed by atoms with Gasteiger partial charge in [0.25, 0.3) is 5.91 Å². The summed E-state index contributed by atoms with van der Waals surface area (Å²) in [7, 11) is 0. The summed E-state index contributed by atoms with van der Waals surface area (Å²) >= 11 is 0. The molecule has 0 fully saturated rings. The Labute approximate surface area is 109 Å². The molecule has 0 unspecified atom stereocenters. The van der Waals surface area contributed by atoms with Crippen molar-refractivity contribution in [3.63, 3.8) is 0 Å². The summed E-state index contributed by atoms with van der Waals surface area (Å²) in [5.41, 5.74) is 5.55. The number of nitrogen functional groups attached to an aromatic ring is 1. The Bertz CT molecular complexity index is 453. The van der Waals surface area contributed by atoms with Gasteiger partial charge in [0.05, 0.1) is 5.69 Å². The molecular formula is C11H17F3N4O. The van der Waals surface area contributed by atoms with Crippen molar-refractivity contribution in [1.82, 2.24) is 14.7 Å². The third kappa shape index (κ3) is 3.87. The molecule has 0 spiro atoms. The second kappa shape index (κ2) is 5.50. The van der Waals surface area contributed by atoms with Crippen LogP contribution in [0.2, 0.25) is 0 Å². The molecule has 1 amide bonds. The fourth-order valence-corrected chi connectivity index (χ4v) is 1.58. The highest BCUT2D eigenvalue weighted by molar-refractivity contribution is 5.97. The van der Waals surface area contributed by atoms with Crippen LogP contribution in [0.1, 0.15) is 31.3 Å². The van der Waals surface area contributed by atoms with Crippen molar-refractivity contribution in [1.29, 1.82) is 0 Å². The average molecular weight is 278 g/mol. The molecular weight excluding hydrogens is 261 g/mol. The van der Waals surface area contributed by atoms with Gasteiger partial charge in [-0.1, -0.05) is 0 Å². The lowest BCUT2D eigenvalue weighted by Gasteiger charge is -2.27. The largest absolute Gasteiger partial charge is 0.406 e. The fourth-order valence-electron chi connectivity index (χ4n) is 1.58. The first-order valence-electron chi connectivity index (χ1n) is 5.86. The maximum atomic E-state index is 12.5. The van der Waals surface area contributed by atoms with Gasteiger partial charge in [0.2, 0.25) is 0 Å². The Balaban J connectivity index is 3.02. The Hall–Kier alpha value is -1.73. The van der Waals surface area contributed by atoms with E-state index < -0.39 is 24.7 Å². The summed E-state index contributed by atoms with van der Waals surface area (Å²) < 4.78 is 38.8. The smallest absolute Gasteiger partial charge is 0.396 e. The first kappa shape index (κ1) is 15.3. The van der Waals surface area contributed by atoms with Crippen molar-refractivity contribution >= 4 is 11.6 Å². The van der Waals surface area contributed by atoms with Crippen molar-refractivity contribution in [2.45, 2.75) is 39.5 Å². The zero-order valence-corrected chi connectivity index (χ0v) is 11.0. The number of amides is 1. The topological polar surface area (TPSA) is 64.2 Å². The summed E-state index contributed by atoms with van der Waals surface area (Å²) in [6.07, 6.45) is -3.03. The third-order valence-corrected chi connectivity index (χ3v) is 2.55. The molecule has 108 valence electrons. The van der Waals surface area contributed by atoms with Gasteiger partial charge in [0.15, 0.2) is 5.69 Å². The number of hydrogen-bond acceptors (Lipinski definition) is 3. The monoisotopic (exact) mass is 278 g/mol. The number of carbonyl (C=O) groups is 1. The van der Waals surface area contributed by atoms with E-state index >= 15 is 0 Å². The number of nitrogens with two attached hydrogens (primary N) is 1. The molecule has 1 aromatic rings. The molecule has 0 aromatic carbocycles. The van der Waals surface area contributed by atoms with Crippen LogP contribution < -0.4 is 5.73 Å². The maximum absolute atomic E-state index is 12.5. The molecule has 0 saturated heterocycles. The van der Waals surface area contributed by atoms with Gasteiger partial charge in [-0.15, -0.1) is 0 Å². The lowest BCUT2D eigenvalue weighted by Crippen LogP contribution is -2.43. The lowest BCUT2D eigenvalue weighted by molar-refractivity contribution is -0.143. The molecule has 0 aliphatic heterocycles. The van der Waals surface area contributed by atoms with Crippen LogP contribution in [0, 0.1) is 0 Å². The first-order valence-corrected chi connectivity index (χ1v) is 5.86. The highest BCUT2D eigenvalue weighted by Crippen LogP contribution is 2.21. The Morgan fingerprint density at radius 1 is 1.53 bits per heavy atom. The van der Waals surface area contributed by atoms with E-state index in [1.807, 2.05) is 0 Å². The molecule has 2 N–H and O–H groups in total. The number of halogens is 3. The summed E-state index contributed by atoms with van der Waals surface area (Å²) in [6, 6.07) is -0.597. The van der Waals surface area contributed by atoms with Crippen molar-refractivity contribution in [3.8, 4) is 0 Å². The van der Waals surface area contributed by atoms with Gasteiger partial charge in [-0.2, -0.15) is 18.3 Å². The van der Waals surface area contributed by atoms with Gasteiger partial charge >= 0.3 is 6.18 Å². The van der Waals surface area contributed by atoms with E-state index in [2.05, 4.69) is 5.10 Å². The average Bonchev–Trinajstić information content (AvgIpc) is 2.65. The number of nitrogens with zero attached hydrogens (tertiary/aromatic N) is 3. The molecule has 8 heteroatoms. The quantitative estimate of drug-likeness (QED) is 0.914. The number of rotatable bonds is 4. The summed E-state index contributed by atoms with van der Waals surface area (Å²) in [4.78, 5) is 12.8. The number of alkyl halides is 3. The lowest BCUT2D eigenvalue weighted by atomic mass is 10.2. The van der Waals surface area contributed by atoms with E-state index in [-0.39, 0.29) is 11.4 Å². The standard InChI is InChI=1S/C11H17F3N4O/c1-4-17-5-8(15)9(16-17)10(19)18(7(2)3)6-11(12,13)14/h5,7H,4,6,15H2,1-3H3. The summed E-state index contributed by atoms with van der Waals surface area (Å²) in [5, 5.41) is 3.89. The van der Waals surface area contributed by atoms with E-state index in [4.69, 9.17) is 5.73 Å². The zero-order valence-electron chi connectivity index (χ0n) is 11.0. The first-order chi connectivity index (χ1) is 8.65. The Morgan fingerprint density at radius 2 is 2.11 bits per heavy atom. The van der Waals surface area contributed by atoms with Crippen molar-refractivity contribution < 1.29 is 18.0 Å². The number of hydrogen-bond donors (Lipinski definition) is 1. The zero-order chi connectivity index (χ0) is 14.8. The normalized spacial score (nSPS) is 11.9. The van der Waals surface area contributed by atoms with Crippen LogP contribution in [0.25, 0.3) is 0 Å². The third-order valence-electron chi connectivity index (χ3n) is 2.55. The minimum atomic E-state index is -4.46. The number of aryl methyl sites for hydroxylation is 1. The van der Waals surface area contributed by atoms with E-state index in [0.717, 1.165) is 0 Å². The molecule has 0 aliphatic rings. The van der Waals surface area contributed by atoms with E-state index in [1.165, 1.54) is 24.7 Å².